The molecule has 1 fully saturated rings. The molecule has 1 atom stereocenters. The number of nitrogens with zero attached hydrogens (tertiary/aromatic N) is 3. The van der Waals surface area contributed by atoms with Gasteiger partial charge in [0.05, 0.1) is 12.6 Å². The molecule has 162 valence electrons. The highest BCUT2D eigenvalue weighted by Crippen LogP contribution is 2.24. The van der Waals surface area contributed by atoms with E-state index in [1.54, 1.807) is 0 Å². The molecule has 0 saturated carbocycles. The Bertz CT molecular complexity index is 807. The van der Waals surface area contributed by atoms with E-state index >= 15 is 0 Å². The molecule has 0 aliphatic carbocycles. The first kappa shape index (κ1) is 22.2. The van der Waals surface area contributed by atoms with Crippen LogP contribution in [0.5, 0.6) is 0 Å². The molecule has 0 bridgehead atoms. The minimum atomic E-state index is 0.188. The molecule has 5 heteroatoms. The van der Waals surface area contributed by atoms with Crippen molar-refractivity contribution in [1.29, 1.82) is 0 Å². The van der Waals surface area contributed by atoms with Gasteiger partial charge >= 0.3 is 0 Å². The number of aliphatic imine (C=N–C) groups is 1. The molecule has 0 amide bonds. The highest BCUT2D eigenvalue weighted by molar-refractivity contribution is 5.80. The lowest BCUT2D eigenvalue weighted by molar-refractivity contribution is 0.402. The molecule has 0 radical (unpaired) electrons. The summed E-state index contributed by atoms with van der Waals surface area (Å²) in [5.41, 5.74) is 5.17. The molecule has 2 aromatic rings. The average molecular weight is 408 g/mol. The molecule has 30 heavy (non-hydrogen) atoms. The van der Waals surface area contributed by atoms with Crippen LogP contribution in [-0.4, -0.2) is 44.6 Å². The van der Waals surface area contributed by atoms with Crippen LogP contribution in [0.1, 0.15) is 49.4 Å². The average Bonchev–Trinajstić information content (AvgIpc) is 3.28. The summed E-state index contributed by atoms with van der Waals surface area (Å²) >= 11 is 0. The van der Waals surface area contributed by atoms with Gasteiger partial charge in [0.2, 0.25) is 0 Å². The number of hydrogen-bond donors (Lipinski definition) is 2. The molecular weight excluding hydrogens is 370 g/mol. The van der Waals surface area contributed by atoms with Crippen molar-refractivity contribution in [2.45, 2.75) is 45.8 Å². The molecule has 1 aliphatic rings. The molecule has 0 aromatic heterocycles. The lowest BCUT2D eigenvalue weighted by atomic mass is 10.1. The number of anilines is 1. The molecule has 5 nitrogen and oxygen atoms in total. The van der Waals surface area contributed by atoms with Crippen LogP contribution in [0.15, 0.2) is 53.5 Å². The summed E-state index contributed by atoms with van der Waals surface area (Å²) in [4.78, 5) is 9.48. The van der Waals surface area contributed by atoms with Gasteiger partial charge in [-0.25, -0.2) is 4.99 Å². The Kier molecular flexibility index (Phi) is 8.14. The van der Waals surface area contributed by atoms with Crippen LogP contribution in [-0.2, 0) is 13.1 Å². The van der Waals surface area contributed by atoms with E-state index in [9.17, 15) is 0 Å². The van der Waals surface area contributed by atoms with Crippen LogP contribution < -0.4 is 15.5 Å². The molecule has 0 spiro atoms. The number of nitrogens with one attached hydrogen (secondary N) is 2. The van der Waals surface area contributed by atoms with Crippen molar-refractivity contribution in [3.8, 4) is 0 Å². The number of hydrogen-bond acceptors (Lipinski definition) is 3. The fraction of sp³-hybridized carbons (Fsp3) is 0.480. The second-order valence-corrected chi connectivity index (χ2v) is 8.40. The van der Waals surface area contributed by atoms with E-state index in [0.29, 0.717) is 6.54 Å². The molecular formula is C25H37N5. The summed E-state index contributed by atoms with van der Waals surface area (Å²) in [6.07, 6.45) is 2.59. The topological polar surface area (TPSA) is 42.9 Å². The van der Waals surface area contributed by atoms with Crippen molar-refractivity contribution in [3.63, 3.8) is 0 Å². The Balaban J connectivity index is 1.63. The zero-order chi connectivity index (χ0) is 21.3. The van der Waals surface area contributed by atoms with Crippen LogP contribution in [0.25, 0.3) is 0 Å². The SMILES string of the molecule is CCNC(=NCc1ccc(CN(C)C)cc1)NC(C)c1cccc(N2CCCC2)c1. The zero-order valence-corrected chi connectivity index (χ0v) is 19.0. The van der Waals surface area contributed by atoms with E-state index < -0.39 is 0 Å². The maximum absolute atomic E-state index is 4.81. The quantitative estimate of drug-likeness (QED) is 0.509. The Labute approximate surface area is 182 Å². The summed E-state index contributed by atoms with van der Waals surface area (Å²) in [5.74, 6) is 0.856. The van der Waals surface area contributed by atoms with Crippen molar-refractivity contribution in [1.82, 2.24) is 15.5 Å². The summed E-state index contributed by atoms with van der Waals surface area (Å²) in [6.45, 7) is 9.11. The smallest absolute Gasteiger partial charge is 0.192 e. The van der Waals surface area contributed by atoms with Gasteiger partial charge < -0.3 is 20.4 Å². The van der Waals surface area contributed by atoms with Crippen molar-refractivity contribution < 1.29 is 0 Å². The first-order chi connectivity index (χ1) is 14.5. The van der Waals surface area contributed by atoms with Gasteiger partial charge in [0.15, 0.2) is 5.96 Å². The van der Waals surface area contributed by atoms with E-state index in [-0.39, 0.29) is 6.04 Å². The van der Waals surface area contributed by atoms with Crippen molar-refractivity contribution in [2.24, 2.45) is 4.99 Å². The third-order valence-electron chi connectivity index (χ3n) is 5.48. The molecule has 1 saturated heterocycles. The van der Waals surface area contributed by atoms with Gasteiger partial charge in [0.1, 0.15) is 0 Å². The Morgan fingerprint density at radius 3 is 2.43 bits per heavy atom. The van der Waals surface area contributed by atoms with E-state index in [1.165, 1.54) is 48.3 Å². The number of guanidine groups is 1. The molecule has 1 aliphatic heterocycles. The zero-order valence-electron chi connectivity index (χ0n) is 19.0. The minimum Gasteiger partial charge on any atom is -0.372 e. The monoisotopic (exact) mass is 407 g/mol. The van der Waals surface area contributed by atoms with Gasteiger partial charge in [-0.05, 0) is 69.6 Å². The van der Waals surface area contributed by atoms with E-state index in [4.69, 9.17) is 4.99 Å². The lowest BCUT2D eigenvalue weighted by Crippen LogP contribution is -2.38. The minimum absolute atomic E-state index is 0.188. The molecule has 3 rings (SSSR count). The van der Waals surface area contributed by atoms with Crippen LogP contribution in [0, 0.1) is 0 Å². The van der Waals surface area contributed by atoms with Gasteiger partial charge in [-0.3, -0.25) is 0 Å². The first-order valence-corrected chi connectivity index (χ1v) is 11.2. The second kappa shape index (κ2) is 11.0. The Morgan fingerprint density at radius 2 is 1.77 bits per heavy atom. The van der Waals surface area contributed by atoms with Crippen LogP contribution in [0.4, 0.5) is 5.69 Å². The first-order valence-electron chi connectivity index (χ1n) is 11.2. The normalized spacial score (nSPS) is 15.5. The van der Waals surface area contributed by atoms with Gasteiger partial charge in [-0.1, -0.05) is 36.4 Å². The van der Waals surface area contributed by atoms with E-state index in [1.807, 2.05) is 0 Å². The predicted molar refractivity (Wildman–Crippen MR) is 128 cm³/mol. The van der Waals surface area contributed by atoms with Crippen LogP contribution in [0.2, 0.25) is 0 Å². The van der Waals surface area contributed by atoms with Gasteiger partial charge in [0, 0.05) is 31.9 Å². The predicted octanol–water partition coefficient (Wildman–Crippen LogP) is 4.16. The summed E-state index contributed by atoms with van der Waals surface area (Å²) in [5, 5.41) is 6.96. The molecule has 1 unspecified atom stereocenters. The molecule has 2 aromatic carbocycles. The third kappa shape index (κ3) is 6.49. The third-order valence-corrected chi connectivity index (χ3v) is 5.48. The molecule has 1 heterocycles. The van der Waals surface area contributed by atoms with Crippen LogP contribution >= 0.6 is 0 Å². The van der Waals surface area contributed by atoms with Crippen LogP contribution in [0.3, 0.4) is 0 Å². The fourth-order valence-electron chi connectivity index (χ4n) is 3.86. The highest BCUT2D eigenvalue weighted by atomic mass is 15.2. The molecule has 2 N–H and O–H groups in total. The number of rotatable bonds is 8. The summed E-state index contributed by atoms with van der Waals surface area (Å²) in [7, 11) is 4.18. The maximum atomic E-state index is 4.81. The summed E-state index contributed by atoms with van der Waals surface area (Å²) in [6, 6.07) is 17.8. The standard InChI is InChI=1S/C25H37N5/c1-5-26-25(27-18-21-11-13-22(14-12-21)19-29(3)4)28-20(2)23-9-8-10-24(17-23)30-15-6-7-16-30/h8-14,17,20H,5-7,15-16,18-19H2,1-4H3,(H2,26,27,28). The lowest BCUT2D eigenvalue weighted by Gasteiger charge is -2.22. The highest BCUT2D eigenvalue weighted by Gasteiger charge is 2.14. The summed E-state index contributed by atoms with van der Waals surface area (Å²) < 4.78 is 0. The van der Waals surface area contributed by atoms with Crippen molar-refractivity contribution in [3.05, 3.63) is 65.2 Å². The second-order valence-electron chi connectivity index (χ2n) is 8.40. The van der Waals surface area contributed by atoms with Gasteiger partial charge in [0.25, 0.3) is 0 Å². The Hall–Kier alpha value is -2.53. The van der Waals surface area contributed by atoms with E-state index in [0.717, 1.165) is 19.0 Å². The Morgan fingerprint density at radius 1 is 1.07 bits per heavy atom. The largest absolute Gasteiger partial charge is 0.372 e. The van der Waals surface area contributed by atoms with Gasteiger partial charge in [-0.2, -0.15) is 0 Å². The fourth-order valence-corrected chi connectivity index (χ4v) is 3.86. The van der Waals surface area contributed by atoms with Crippen molar-refractivity contribution >= 4 is 11.6 Å². The van der Waals surface area contributed by atoms with E-state index in [2.05, 4.69) is 96.9 Å². The van der Waals surface area contributed by atoms with Gasteiger partial charge in [-0.15, -0.1) is 0 Å². The maximum Gasteiger partial charge on any atom is 0.192 e. The number of benzene rings is 2. The van der Waals surface area contributed by atoms with Crippen molar-refractivity contribution in [2.75, 3.05) is 38.6 Å².